The van der Waals surface area contributed by atoms with E-state index in [-0.39, 0.29) is 5.91 Å². The third kappa shape index (κ3) is 4.62. The number of benzene rings is 3. The highest BCUT2D eigenvalue weighted by atomic mass is 35.5. The predicted octanol–water partition coefficient (Wildman–Crippen LogP) is 4.46. The van der Waals surface area contributed by atoms with Gasteiger partial charge in [-0.1, -0.05) is 35.9 Å². The summed E-state index contributed by atoms with van der Waals surface area (Å²) in [5.41, 5.74) is 6.46. The minimum absolute atomic E-state index is 0.230. The number of hydrogen-bond acceptors (Lipinski definition) is 6. The van der Waals surface area contributed by atoms with Gasteiger partial charge in [-0.05, 0) is 49.0 Å². The standard InChI is InChI=1S/C29H28ClN5O3/c1-33-11-13-35(14-12-33)17-18-3-7-21(8-4-18)31-27(19-5-10-24-25(15-19)38-29(37)34(24)2)26-22-9-6-20(30)16-23(22)32-28(26)36/h3-10,15-16,31H,11-14,17H2,1-2H3,(H,32,36)/b27-26-. The topological polar surface area (TPSA) is 82.8 Å². The minimum Gasteiger partial charge on any atom is -0.408 e. The van der Waals surface area contributed by atoms with Crippen LogP contribution in [-0.4, -0.2) is 53.5 Å². The number of piperazine rings is 1. The number of nitrogens with one attached hydrogen (secondary N) is 2. The Hall–Kier alpha value is -3.85. The number of hydrogen-bond donors (Lipinski definition) is 2. The molecule has 2 N–H and O–H groups in total. The molecule has 2 aliphatic heterocycles. The number of carbonyl (C=O) groups excluding carboxylic acids is 1. The van der Waals surface area contributed by atoms with E-state index in [9.17, 15) is 9.59 Å². The Bertz CT molecular complexity index is 1630. The van der Waals surface area contributed by atoms with Crippen LogP contribution in [-0.2, 0) is 18.4 Å². The highest BCUT2D eigenvalue weighted by Crippen LogP contribution is 2.39. The summed E-state index contributed by atoms with van der Waals surface area (Å²) in [6.45, 7) is 5.18. The van der Waals surface area contributed by atoms with Crippen molar-refractivity contribution in [3.63, 3.8) is 0 Å². The molecule has 1 aromatic heterocycles. The van der Waals surface area contributed by atoms with E-state index in [1.807, 2.05) is 30.3 Å². The molecule has 0 saturated carbocycles. The van der Waals surface area contributed by atoms with Crippen molar-refractivity contribution in [3.05, 3.63) is 92.9 Å². The maximum absolute atomic E-state index is 13.2. The van der Waals surface area contributed by atoms with Gasteiger partial charge in [-0.2, -0.15) is 0 Å². The van der Waals surface area contributed by atoms with Crippen LogP contribution in [0.15, 0.2) is 69.9 Å². The van der Waals surface area contributed by atoms with Crippen LogP contribution < -0.4 is 16.4 Å². The summed E-state index contributed by atoms with van der Waals surface area (Å²) in [6, 6.07) is 19.1. The van der Waals surface area contributed by atoms with Crippen molar-refractivity contribution in [1.29, 1.82) is 0 Å². The molecule has 3 heterocycles. The van der Waals surface area contributed by atoms with Crippen LogP contribution in [0.3, 0.4) is 0 Å². The first kappa shape index (κ1) is 24.5. The van der Waals surface area contributed by atoms with E-state index in [0.29, 0.717) is 33.1 Å². The third-order valence-electron chi connectivity index (χ3n) is 7.28. The van der Waals surface area contributed by atoms with Gasteiger partial charge in [0.1, 0.15) is 0 Å². The summed E-state index contributed by atoms with van der Waals surface area (Å²) in [6.07, 6.45) is 0. The van der Waals surface area contributed by atoms with E-state index in [2.05, 4.69) is 39.6 Å². The molecule has 0 radical (unpaired) electrons. The molecule has 0 spiro atoms. The number of likely N-dealkylation sites (N-methyl/N-ethyl adjacent to an activating group) is 1. The number of aryl methyl sites for hydroxylation is 1. The van der Waals surface area contributed by atoms with Gasteiger partial charge in [0.25, 0.3) is 5.91 Å². The summed E-state index contributed by atoms with van der Waals surface area (Å²) in [4.78, 5) is 30.1. The average molecular weight is 530 g/mol. The Morgan fingerprint density at radius 3 is 2.50 bits per heavy atom. The van der Waals surface area contributed by atoms with Crippen LogP contribution in [0, 0.1) is 0 Å². The lowest BCUT2D eigenvalue weighted by Gasteiger charge is -2.32. The molecule has 8 nitrogen and oxygen atoms in total. The second-order valence-electron chi connectivity index (χ2n) is 9.90. The number of anilines is 2. The highest BCUT2D eigenvalue weighted by molar-refractivity contribution is 6.38. The van der Waals surface area contributed by atoms with Crippen LogP contribution in [0.25, 0.3) is 22.4 Å². The van der Waals surface area contributed by atoms with Gasteiger partial charge >= 0.3 is 5.76 Å². The summed E-state index contributed by atoms with van der Waals surface area (Å²) in [5.74, 6) is -0.667. The summed E-state index contributed by atoms with van der Waals surface area (Å²) >= 11 is 6.19. The van der Waals surface area contributed by atoms with E-state index in [1.165, 1.54) is 10.1 Å². The zero-order valence-corrected chi connectivity index (χ0v) is 22.0. The van der Waals surface area contributed by atoms with Gasteiger partial charge in [0, 0.05) is 61.6 Å². The molecule has 9 heteroatoms. The molecule has 0 atom stereocenters. The number of fused-ring (bicyclic) bond motifs is 2. The normalized spacial score (nSPS) is 17.5. The second-order valence-corrected chi connectivity index (χ2v) is 10.3. The van der Waals surface area contributed by atoms with Crippen molar-refractivity contribution in [3.8, 4) is 0 Å². The zero-order valence-electron chi connectivity index (χ0n) is 21.3. The van der Waals surface area contributed by atoms with Crippen LogP contribution in [0.4, 0.5) is 11.4 Å². The maximum Gasteiger partial charge on any atom is 0.419 e. The molecular formula is C29H28ClN5O3. The molecule has 1 amide bonds. The number of aromatic nitrogens is 1. The zero-order chi connectivity index (χ0) is 26.4. The second kappa shape index (κ2) is 9.79. The molecule has 1 fully saturated rings. The van der Waals surface area contributed by atoms with Gasteiger partial charge < -0.3 is 20.0 Å². The van der Waals surface area contributed by atoms with E-state index in [0.717, 1.165) is 49.5 Å². The van der Waals surface area contributed by atoms with Gasteiger partial charge in [-0.3, -0.25) is 14.3 Å². The molecule has 1 saturated heterocycles. The third-order valence-corrected chi connectivity index (χ3v) is 7.52. The van der Waals surface area contributed by atoms with Crippen LogP contribution in [0.1, 0.15) is 16.7 Å². The van der Waals surface area contributed by atoms with Gasteiger partial charge in [0.05, 0.1) is 22.5 Å². The van der Waals surface area contributed by atoms with Crippen molar-refractivity contribution in [2.75, 3.05) is 43.9 Å². The summed E-state index contributed by atoms with van der Waals surface area (Å²) in [5, 5.41) is 6.95. The van der Waals surface area contributed by atoms with Crippen molar-refractivity contribution in [1.82, 2.24) is 14.4 Å². The molecule has 3 aromatic carbocycles. The molecule has 0 unspecified atom stereocenters. The first-order valence-corrected chi connectivity index (χ1v) is 13.0. The van der Waals surface area contributed by atoms with E-state index >= 15 is 0 Å². The van der Waals surface area contributed by atoms with Crippen LogP contribution >= 0.6 is 11.6 Å². The van der Waals surface area contributed by atoms with Crippen molar-refractivity contribution in [2.24, 2.45) is 7.05 Å². The van der Waals surface area contributed by atoms with Crippen molar-refractivity contribution in [2.45, 2.75) is 6.54 Å². The summed E-state index contributed by atoms with van der Waals surface area (Å²) in [7, 11) is 3.82. The Morgan fingerprint density at radius 2 is 1.74 bits per heavy atom. The maximum atomic E-state index is 13.2. The van der Waals surface area contributed by atoms with Crippen molar-refractivity contribution >= 4 is 51.3 Å². The fourth-order valence-corrected chi connectivity index (χ4v) is 5.24. The number of amides is 1. The average Bonchev–Trinajstić information content (AvgIpc) is 3.38. The van der Waals surface area contributed by atoms with Crippen LogP contribution in [0.2, 0.25) is 5.02 Å². The molecule has 38 heavy (non-hydrogen) atoms. The SMILES string of the molecule is CN1CCN(Cc2ccc(N/C(=C3\C(=O)Nc4cc(Cl)ccc43)c3ccc4c(c3)oc(=O)n4C)cc2)CC1. The first-order valence-electron chi connectivity index (χ1n) is 12.6. The van der Waals surface area contributed by atoms with E-state index in [1.54, 1.807) is 25.2 Å². The quantitative estimate of drug-likeness (QED) is 0.371. The van der Waals surface area contributed by atoms with Gasteiger partial charge in [-0.15, -0.1) is 0 Å². The first-order chi connectivity index (χ1) is 18.4. The van der Waals surface area contributed by atoms with E-state index < -0.39 is 5.76 Å². The van der Waals surface area contributed by atoms with Gasteiger partial charge in [0.15, 0.2) is 5.58 Å². The fourth-order valence-electron chi connectivity index (χ4n) is 5.06. The Morgan fingerprint density at radius 1 is 0.974 bits per heavy atom. The number of oxazole rings is 1. The van der Waals surface area contributed by atoms with Gasteiger partial charge in [-0.25, -0.2) is 4.79 Å². The monoisotopic (exact) mass is 529 g/mol. The number of carbonyl (C=O) groups is 1. The van der Waals surface area contributed by atoms with Crippen molar-refractivity contribution < 1.29 is 9.21 Å². The lowest BCUT2D eigenvalue weighted by molar-refractivity contribution is -0.110. The molecule has 0 bridgehead atoms. The Kier molecular flexibility index (Phi) is 6.31. The summed E-state index contributed by atoms with van der Waals surface area (Å²) < 4.78 is 6.90. The lowest BCUT2D eigenvalue weighted by Crippen LogP contribution is -2.43. The predicted molar refractivity (Wildman–Crippen MR) is 151 cm³/mol. The molecule has 2 aliphatic rings. The molecule has 6 rings (SSSR count). The smallest absolute Gasteiger partial charge is 0.408 e. The fraction of sp³-hybridized carbons (Fsp3) is 0.241. The Labute approximate surface area is 225 Å². The highest BCUT2D eigenvalue weighted by Gasteiger charge is 2.29. The minimum atomic E-state index is -0.436. The van der Waals surface area contributed by atoms with E-state index in [4.69, 9.17) is 16.0 Å². The largest absolute Gasteiger partial charge is 0.419 e. The molecule has 194 valence electrons. The number of halogens is 1. The number of rotatable bonds is 5. The lowest BCUT2D eigenvalue weighted by atomic mass is 9.99. The number of nitrogens with zero attached hydrogens (tertiary/aromatic N) is 3. The molecular weight excluding hydrogens is 502 g/mol. The molecule has 4 aromatic rings. The Balaban J connectivity index is 1.38. The van der Waals surface area contributed by atoms with Gasteiger partial charge in [0.2, 0.25) is 0 Å². The van der Waals surface area contributed by atoms with Crippen LogP contribution in [0.5, 0.6) is 0 Å². The molecule has 0 aliphatic carbocycles.